The maximum atomic E-state index is 10.5. The van der Waals surface area contributed by atoms with E-state index >= 15 is 0 Å². The molecule has 0 radical (unpaired) electrons. The fourth-order valence-corrected chi connectivity index (χ4v) is 1.57. The Labute approximate surface area is 85.4 Å². The fourth-order valence-electron chi connectivity index (χ4n) is 1.25. The first-order chi connectivity index (χ1) is 6.41. The number of benzene rings is 1. The molecule has 1 aromatic carbocycles. The largest absolute Gasteiger partial charge is 0.810 e. The average Bonchev–Trinajstić information content (AvgIpc) is 2.01. The molecule has 78 valence electrons. The molecule has 1 rings (SSSR count). The average molecular weight is 212 g/mol. The summed E-state index contributed by atoms with van der Waals surface area (Å²) in [5, 5.41) is 0. The molecule has 0 unspecified atom stereocenters. The summed E-state index contributed by atoms with van der Waals surface area (Å²) in [6.07, 6.45) is 0. The lowest BCUT2D eigenvalue weighted by molar-refractivity contribution is -0.310. The van der Waals surface area contributed by atoms with Crippen molar-refractivity contribution in [2.24, 2.45) is 0 Å². The van der Waals surface area contributed by atoms with Crippen LogP contribution < -0.4 is 14.3 Å². The number of hydrogen-bond acceptors (Lipinski definition) is 3. The summed E-state index contributed by atoms with van der Waals surface area (Å²) < 4.78 is 4.73. The highest BCUT2D eigenvalue weighted by molar-refractivity contribution is 7.36. The van der Waals surface area contributed by atoms with E-state index in [1.165, 1.54) is 0 Å². The second-order valence-corrected chi connectivity index (χ2v) is 4.69. The summed E-state index contributed by atoms with van der Waals surface area (Å²) in [5.41, 5.74) is 0.765. The molecule has 0 saturated carbocycles. The van der Waals surface area contributed by atoms with E-state index in [9.17, 15) is 9.79 Å². The molecule has 0 atom stereocenters. The molecule has 0 saturated heterocycles. The van der Waals surface area contributed by atoms with Crippen molar-refractivity contribution in [3.8, 4) is 5.75 Å². The van der Waals surface area contributed by atoms with Crippen LogP contribution in [0.5, 0.6) is 5.75 Å². The second kappa shape index (κ2) is 4.26. The lowest BCUT2D eigenvalue weighted by Crippen LogP contribution is -2.17. The number of rotatable bonds is 2. The van der Waals surface area contributed by atoms with Gasteiger partial charge in [0.1, 0.15) is 5.75 Å². The van der Waals surface area contributed by atoms with Gasteiger partial charge < -0.3 is 14.3 Å². The molecule has 0 bridgehead atoms. The molecule has 0 amide bonds. The Hall–Kier alpha value is -0.630. The van der Waals surface area contributed by atoms with Crippen LogP contribution in [-0.2, 0) is 5.41 Å². The Bertz CT molecular complexity index is 304. The smallest absolute Gasteiger partial charge is 0.123 e. The van der Waals surface area contributed by atoms with Crippen molar-refractivity contribution < 1.29 is 14.3 Å². The molecular formula is C10H13O3P-2. The van der Waals surface area contributed by atoms with Gasteiger partial charge in [-0.2, -0.15) is 0 Å². The quantitative estimate of drug-likeness (QED) is 0.694. The van der Waals surface area contributed by atoms with E-state index in [2.05, 4.69) is 0 Å². The standard InChI is InChI=1S/C10H13O3P/c1-10(2,3)8-6-4-5-7-9(8)13-14(11)12/h4-7H,1-3H3/q-2. The SMILES string of the molecule is CC(C)(C)c1ccccc1OP([O-])[O-]. The minimum Gasteiger partial charge on any atom is -0.810 e. The van der Waals surface area contributed by atoms with Crippen LogP contribution in [0.25, 0.3) is 0 Å². The van der Waals surface area contributed by atoms with Crippen molar-refractivity contribution in [3.05, 3.63) is 29.8 Å². The highest BCUT2D eigenvalue weighted by Gasteiger charge is 2.17. The summed E-state index contributed by atoms with van der Waals surface area (Å²) in [5.74, 6) is 0.413. The van der Waals surface area contributed by atoms with E-state index in [1.807, 2.05) is 32.9 Å². The van der Waals surface area contributed by atoms with Crippen LogP contribution in [0.1, 0.15) is 26.3 Å². The molecular weight excluding hydrogens is 199 g/mol. The molecule has 0 aliphatic rings. The fraction of sp³-hybridized carbons (Fsp3) is 0.400. The monoisotopic (exact) mass is 212 g/mol. The lowest BCUT2D eigenvalue weighted by Gasteiger charge is -2.32. The first-order valence-electron chi connectivity index (χ1n) is 4.33. The molecule has 0 fully saturated rings. The lowest BCUT2D eigenvalue weighted by atomic mass is 9.86. The van der Waals surface area contributed by atoms with Gasteiger partial charge in [0.2, 0.25) is 0 Å². The third kappa shape index (κ3) is 2.95. The molecule has 0 spiro atoms. The molecule has 1 aromatic rings. The van der Waals surface area contributed by atoms with Gasteiger partial charge in [-0.25, -0.2) is 0 Å². The first kappa shape index (κ1) is 11.4. The molecule has 0 N–H and O–H groups in total. The molecule has 4 heteroatoms. The number of hydrogen-bond donors (Lipinski definition) is 0. The highest BCUT2D eigenvalue weighted by atomic mass is 31.2. The summed E-state index contributed by atoms with van der Waals surface area (Å²) in [6, 6.07) is 7.15. The van der Waals surface area contributed by atoms with Gasteiger partial charge in [0.15, 0.2) is 0 Å². The Morgan fingerprint density at radius 3 is 2.21 bits per heavy atom. The van der Waals surface area contributed by atoms with Crippen LogP contribution in [-0.4, -0.2) is 0 Å². The van der Waals surface area contributed by atoms with E-state index < -0.39 is 8.60 Å². The van der Waals surface area contributed by atoms with Gasteiger partial charge in [-0.15, -0.1) is 0 Å². The summed E-state index contributed by atoms with van der Waals surface area (Å²) in [7, 11) is -2.84. The van der Waals surface area contributed by atoms with Crippen LogP contribution in [0.2, 0.25) is 0 Å². The zero-order valence-electron chi connectivity index (χ0n) is 8.48. The summed E-state index contributed by atoms with van der Waals surface area (Å²) in [4.78, 5) is 20.9. The van der Waals surface area contributed by atoms with Gasteiger partial charge in [-0.1, -0.05) is 47.6 Å². The second-order valence-electron chi connectivity index (χ2n) is 4.06. The first-order valence-corrected chi connectivity index (χ1v) is 5.42. The Morgan fingerprint density at radius 2 is 1.71 bits per heavy atom. The normalized spacial score (nSPS) is 11.9. The summed E-state index contributed by atoms with van der Waals surface area (Å²) in [6.45, 7) is 6.02. The highest BCUT2D eigenvalue weighted by Crippen LogP contribution is 2.34. The van der Waals surface area contributed by atoms with Crippen LogP contribution in [0.3, 0.4) is 0 Å². The number of para-hydroxylation sites is 1. The minimum atomic E-state index is -2.84. The van der Waals surface area contributed by atoms with E-state index in [0.29, 0.717) is 5.75 Å². The van der Waals surface area contributed by atoms with Crippen LogP contribution in [0.15, 0.2) is 24.3 Å². The van der Waals surface area contributed by atoms with Gasteiger partial charge in [0.25, 0.3) is 0 Å². The predicted octanol–water partition coefficient (Wildman–Crippen LogP) is 1.31. The Morgan fingerprint density at radius 1 is 1.14 bits per heavy atom. The van der Waals surface area contributed by atoms with Crippen molar-refractivity contribution in [1.29, 1.82) is 0 Å². The van der Waals surface area contributed by atoms with Crippen LogP contribution in [0, 0.1) is 0 Å². The molecule has 0 aromatic heterocycles. The van der Waals surface area contributed by atoms with E-state index in [-0.39, 0.29) is 5.41 Å². The van der Waals surface area contributed by atoms with Gasteiger partial charge in [0.05, 0.1) is 0 Å². The van der Waals surface area contributed by atoms with Crippen LogP contribution >= 0.6 is 8.60 Å². The van der Waals surface area contributed by atoms with Crippen LogP contribution in [0.4, 0.5) is 0 Å². The van der Waals surface area contributed by atoms with Gasteiger partial charge >= 0.3 is 0 Å². The molecule has 3 nitrogen and oxygen atoms in total. The summed E-state index contributed by atoms with van der Waals surface area (Å²) >= 11 is 0. The van der Waals surface area contributed by atoms with Crippen molar-refractivity contribution in [1.82, 2.24) is 0 Å². The van der Waals surface area contributed by atoms with E-state index in [0.717, 1.165) is 5.56 Å². The van der Waals surface area contributed by atoms with Gasteiger partial charge in [0, 0.05) is 0 Å². The van der Waals surface area contributed by atoms with Crippen molar-refractivity contribution >= 4 is 8.60 Å². The topological polar surface area (TPSA) is 55.3 Å². The zero-order valence-corrected chi connectivity index (χ0v) is 9.38. The van der Waals surface area contributed by atoms with Crippen molar-refractivity contribution in [2.75, 3.05) is 0 Å². The minimum absolute atomic E-state index is 0.123. The molecule has 0 aliphatic carbocycles. The predicted molar refractivity (Wildman–Crippen MR) is 52.7 cm³/mol. The Kier molecular flexibility index (Phi) is 3.48. The third-order valence-electron chi connectivity index (χ3n) is 1.87. The van der Waals surface area contributed by atoms with E-state index in [4.69, 9.17) is 4.52 Å². The third-order valence-corrected chi connectivity index (χ3v) is 2.21. The molecule has 0 heterocycles. The Balaban J connectivity index is 3.04. The maximum absolute atomic E-state index is 10.5. The van der Waals surface area contributed by atoms with Crippen molar-refractivity contribution in [3.63, 3.8) is 0 Å². The maximum Gasteiger partial charge on any atom is 0.123 e. The van der Waals surface area contributed by atoms with Gasteiger partial charge in [-0.05, 0) is 17.0 Å². The zero-order chi connectivity index (χ0) is 10.8. The molecule has 0 aliphatic heterocycles. The molecule has 14 heavy (non-hydrogen) atoms. The van der Waals surface area contributed by atoms with Gasteiger partial charge in [-0.3, -0.25) is 0 Å². The van der Waals surface area contributed by atoms with Crippen molar-refractivity contribution in [2.45, 2.75) is 26.2 Å². The van der Waals surface area contributed by atoms with E-state index in [1.54, 1.807) is 12.1 Å².